The molecule has 0 saturated heterocycles. The maximum absolute atomic E-state index is 12.1. The number of amides is 1. The molecule has 0 spiro atoms. The van der Waals surface area contributed by atoms with Crippen LogP contribution in [-0.2, 0) is 4.79 Å². The fourth-order valence-corrected chi connectivity index (χ4v) is 2.41. The zero-order chi connectivity index (χ0) is 15.6. The summed E-state index contributed by atoms with van der Waals surface area (Å²) in [6.45, 7) is 3.76. The van der Waals surface area contributed by atoms with Crippen molar-refractivity contribution in [2.45, 2.75) is 26.7 Å². The first-order chi connectivity index (χ1) is 9.80. The smallest absolute Gasteiger partial charge is 0.256 e. The number of allylic oxidation sites excluding steroid dienone is 1. The molecule has 1 amide bonds. The van der Waals surface area contributed by atoms with Gasteiger partial charge in [-0.3, -0.25) is 15.0 Å². The Morgan fingerprint density at radius 2 is 1.86 bits per heavy atom. The highest BCUT2D eigenvalue weighted by Crippen LogP contribution is 2.35. The average Bonchev–Trinajstić information content (AvgIpc) is 2.37. The molecule has 1 aromatic carbocycles. The zero-order valence-corrected chi connectivity index (χ0v) is 12.1. The number of hydrogen-bond acceptors (Lipinski definition) is 4. The molecule has 0 heterocycles. The van der Waals surface area contributed by atoms with E-state index in [1.54, 1.807) is 30.3 Å². The van der Waals surface area contributed by atoms with Gasteiger partial charge in [0.1, 0.15) is 11.6 Å². The Hall–Kier alpha value is -2.43. The highest BCUT2D eigenvalue weighted by molar-refractivity contribution is 6.25. The van der Waals surface area contributed by atoms with Crippen molar-refractivity contribution in [2.75, 3.05) is 0 Å². The van der Waals surface area contributed by atoms with E-state index in [4.69, 9.17) is 5.41 Å². The Morgan fingerprint density at radius 3 is 2.43 bits per heavy atom. The number of aliphatic hydroxyl groups excluding tert-OH is 1. The quantitative estimate of drug-likeness (QED) is 0.576. The van der Waals surface area contributed by atoms with Gasteiger partial charge in [0.15, 0.2) is 5.78 Å². The van der Waals surface area contributed by atoms with Gasteiger partial charge in [-0.1, -0.05) is 32.0 Å². The highest BCUT2D eigenvalue weighted by Gasteiger charge is 2.35. The first-order valence-electron chi connectivity index (χ1n) is 6.71. The second-order valence-corrected chi connectivity index (χ2v) is 5.96. The summed E-state index contributed by atoms with van der Waals surface area (Å²) in [5.74, 6) is -1.27. The van der Waals surface area contributed by atoms with Crippen LogP contribution in [0.5, 0.6) is 0 Å². The van der Waals surface area contributed by atoms with E-state index in [2.05, 4.69) is 5.32 Å². The zero-order valence-electron chi connectivity index (χ0n) is 12.1. The second-order valence-electron chi connectivity index (χ2n) is 5.96. The van der Waals surface area contributed by atoms with Gasteiger partial charge in [-0.15, -0.1) is 0 Å². The van der Waals surface area contributed by atoms with Crippen molar-refractivity contribution in [3.8, 4) is 0 Å². The molecule has 110 valence electrons. The predicted molar refractivity (Wildman–Crippen MR) is 79.3 cm³/mol. The van der Waals surface area contributed by atoms with E-state index in [9.17, 15) is 14.7 Å². The number of Topliss-reactive ketones (excluding diaryl/α,β-unsaturated/α-hetero) is 1. The fraction of sp³-hybridized carbons (Fsp3) is 0.312. The molecule has 21 heavy (non-hydrogen) atoms. The number of carbonyl (C=O) groups is 2. The van der Waals surface area contributed by atoms with Gasteiger partial charge in [0.2, 0.25) is 0 Å². The topological polar surface area (TPSA) is 90.3 Å². The predicted octanol–water partition coefficient (Wildman–Crippen LogP) is 2.59. The largest absolute Gasteiger partial charge is 0.511 e. The number of rotatable bonds is 2. The number of amidine groups is 1. The SMILES string of the molecule is CC1(C)CC(=O)C(C(=N)NC(=O)c2ccccc2)=C(O)C1. The monoisotopic (exact) mass is 286 g/mol. The van der Waals surface area contributed by atoms with Gasteiger partial charge in [-0.05, 0) is 17.5 Å². The molecule has 5 nitrogen and oxygen atoms in total. The van der Waals surface area contributed by atoms with E-state index >= 15 is 0 Å². The van der Waals surface area contributed by atoms with Crippen molar-refractivity contribution >= 4 is 17.5 Å². The van der Waals surface area contributed by atoms with Crippen molar-refractivity contribution < 1.29 is 14.7 Å². The first kappa shape index (κ1) is 15.0. The van der Waals surface area contributed by atoms with Crippen molar-refractivity contribution in [1.29, 1.82) is 5.41 Å². The van der Waals surface area contributed by atoms with Crippen LogP contribution >= 0.6 is 0 Å². The molecule has 2 rings (SSSR count). The van der Waals surface area contributed by atoms with Gasteiger partial charge < -0.3 is 10.4 Å². The van der Waals surface area contributed by atoms with Gasteiger partial charge in [0.25, 0.3) is 5.91 Å². The standard InChI is InChI=1S/C16H18N2O3/c1-16(2)8-11(19)13(12(20)9-16)14(17)18-15(21)10-6-4-3-5-7-10/h3-7,19H,8-9H2,1-2H3,(H2,17,18,21). The Morgan fingerprint density at radius 1 is 1.24 bits per heavy atom. The molecule has 3 N–H and O–H groups in total. The summed E-state index contributed by atoms with van der Waals surface area (Å²) >= 11 is 0. The summed E-state index contributed by atoms with van der Waals surface area (Å²) in [5, 5.41) is 20.2. The van der Waals surface area contributed by atoms with Gasteiger partial charge in [0, 0.05) is 18.4 Å². The fourth-order valence-electron chi connectivity index (χ4n) is 2.41. The van der Waals surface area contributed by atoms with Crippen LogP contribution in [0.25, 0.3) is 0 Å². The average molecular weight is 286 g/mol. The summed E-state index contributed by atoms with van der Waals surface area (Å²) in [7, 11) is 0. The molecule has 0 bridgehead atoms. The van der Waals surface area contributed by atoms with E-state index in [0.717, 1.165) is 0 Å². The maximum atomic E-state index is 12.1. The number of ketones is 1. The molecule has 0 radical (unpaired) electrons. The summed E-state index contributed by atoms with van der Waals surface area (Å²) in [4.78, 5) is 24.0. The minimum Gasteiger partial charge on any atom is -0.511 e. The third kappa shape index (κ3) is 3.37. The molecule has 1 aromatic rings. The van der Waals surface area contributed by atoms with Crippen LogP contribution in [0, 0.1) is 10.8 Å². The van der Waals surface area contributed by atoms with E-state index in [-0.39, 0.29) is 34.8 Å². The van der Waals surface area contributed by atoms with Crippen LogP contribution < -0.4 is 5.32 Å². The van der Waals surface area contributed by atoms with Crippen LogP contribution in [-0.4, -0.2) is 22.6 Å². The summed E-state index contributed by atoms with van der Waals surface area (Å²) in [5.41, 5.74) is -0.0153. The lowest BCUT2D eigenvalue weighted by Gasteiger charge is -2.29. The third-order valence-electron chi connectivity index (χ3n) is 3.38. The van der Waals surface area contributed by atoms with Crippen molar-refractivity contribution in [3.63, 3.8) is 0 Å². The summed E-state index contributed by atoms with van der Waals surface area (Å²) in [6.07, 6.45) is 0.563. The van der Waals surface area contributed by atoms with E-state index < -0.39 is 5.91 Å². The highest BCUT2D eigenvalue weighted by atomic mass is 16.3. The van der Waals surface area contributed by atoms with Gasteiger partial charge in [-0.2, -0.15) is 0 Å². The van der Waals surface area contributed by atoms with Crippen LogP contribution in [0.1, 0.15) is 37.0 Å². The van der Waals surface area contributed by atoms with Crippen LogP contribution in [0.3, 0.4) is 0 Å². The molecule has 5 heteroatoms. The molecule has 0 aromatic heterocycles. The van der Waals surface area contributed by atoms with E-state index in [1.165, 1.54) is 0 Å². The second kappa shape index (κ2) is 5.52. The van der Waals surface area contributed by atoms with E-state index in [0.29, 0.717) is 12.0 Å². The minimum atomic E-state index is -0.474. The van der Waals surface area contributed by atoms with Gasteiger partial charge in [0.05, 0.1) is 5.57 Å². The van der Waals surface area contributed by atoms with Crippen LogP contribution in [0.4, 0.5) is 0 Å². The van der Waals surface area contributed by atoms with Crippen molar-refractivity contribution in [3.05, 3.63) is 47.2 Å². The number of hydrogen-bond donors (Lipinski definition) is 3. The lowest BCUT2D eigenvalue weighted by atomic mass is 9.76. The molecular formula is C16H18N2O3. The number of benzene rings is 1. The number of carbonyl (C=O) groups excluding carboxylic acids is 2. The minimum absolute atomic E-state index is 0.0846. The lowest BCUT2D eigenvalue weighted by molar-refractivity contribution is -0.117. The molecule has 1 aliphatic carbocycles. The Kier molecular flexibility index (Phi) is 3.93. The van der Waals surface area contributed by atoms with Gasteiger partial charge >= 0.3 is 0 Å². The van der Waals surface area contributed by atoms with E-state index in [1.807, 2.05) is 13.8 Å². The molecular weight excluding hydrogens is 268 g/mol. The van der Waals surface area contributed by atoms with Crippen molar-refractivity contribution in [2.24, 2.45) is 5.41 Å². The third-order valence-corrected chi connectivity index (χ3v) is 3.38. The molecule has 0 aliphatic heterocycles. The molecule has 0 fully saturated rings. The first-order valence-corrected chi connectivity index (χ1v) is 6.71. The summed E-state index contributed by atoms with van der Waals surface area (Å²) in [6, 6.07) is 8.43. The lowest BCUT2D eigenvalue weighted by Crippen LogP contribution is -2.37. The Balaban J connectivity index is 2.17. The normalized spacial score (nSPS) is 17.5. The van der Waals surface area contributed by atoms with Gasteiger partial charge in [-0.25, -0.2) is 0 Å². The molecule has 0 saturated carbocycles. The summed E-state index contributed by atoms with van der Waals surface area (Å²) < 4.78 is 0. The van der Waals surface area contributed by atoms with Crippen LogP contribution in [0.2, 0.25) is 0 Å². The van der Waals surface area contributed by atoms with Crippen LogP contribution in [0.15, 0.2) is 41.7 Å². The molecule has 1 aliphatic rings. The Bertz CT molecular complexity index is 630. The van der Waals surface area contributed by atoms with Crippen molar-refractivity contribution in [1.82, 2.24) is 5.32 Å². The number of nitrogens with one attached hydrogen (secondary N) is 2. The molecule has 0 unspecified atom stereocenters. The maximum Gasteiger partial charge on any atom is 0.256 e. The molecule has 0 atom stereocenters. The number of aliphatic hydroxyl groups is 1. The Labute approximate surface area is 123 Å².